The predicted octanol–water partition coefficient (Wildman–Crippen LogP) is 1.42. The van der Waals surface area contributed by atoms with Gasteiger partial charge in [-0.2, -0.15) is 0 Å². The Kier molecular flexibility index (Phi) is 5.03. The van der Waals surface area contributed by atoms with Gasteiger partial charge in [0.15, 0.2) is 12.4 Å². The van der Waals surface area contributed by atoms with Crippen molar-refractivity contribution >= 4 is 11.7 Å². The molecule has 1 aromatic rings. The lowest BCUT2D eigenvalue weighted by Gasteiger charge is -2.16. The standard InChI is InChI=1S/C15H21N3O3/c1-2-11-7-8-18(9-11)14(19)10-21-13-5-3-12(4-6-13)15(16)17-20/h3-6,11,20H,2,7-10H2,1H3,(H2,16,17). The van der Waals surface area contributed by atoms with Crippen LogP contribution < -0.4 is 10.5 Å². The second kappa shape index (κ2) is 6.97. The Morgan fingerprint density at radius 2 is 2.19 bits per heavy atom. The summed E-state index contributed by atoms with van der Waals surface area (Å²) >= 11 is 0. The lowest BCUT2D eigenvalue weighted by molar-refractivity contribution is -0.132. The van der Waals surface area contributed by atoms with Crippen LogP contribution in [0.4, 0.5) is 0 Å². The van der Waals surface area contributed by atoms with Crippen molar-refractivity contribution in [2.75, 3.05) is 19.7 Å². The van der Waals surface area contributed by atoms with Crippen LogP contribution >= 0.6 is 0 Å². The molecule has 21 heavy (non-hydrogen) atoms. The van der Waals surface area contributed by atoms with Crippen molar-refractivity contribution in [1.82, 2.24) is 4.90 Å². The summed E-state index contributed by atoms with van der Waals surface area (Å²) in [5.41, 5.74) is 6.07. The first-order chi connectivity index (χ1) is 10.1. The van der Waals surface area contributed by atoms with E-state index in [0.29, 0.717) is 17.2 Å². The smallest absolute Gasteiger partial charge is 0.260 e. The normalized spacial score (nSPS) is 18.8. The van der Waals surface area contributed by atoms with Gasteiger partial charge in [-0.1, -0.05) is 18.5 Å². The molecule has 2 rings (SSSR count). The number of carbonyl (C=O) groups excluding carboxylic acids is 1. The van der Waals surface area contributed by atoms with Gasteiger partial charge in [0, 0.05) is 18.7 Å². The van der Waals surface area contributed by atoms with Gasteiger partial charge in [0.1, 0.15) is 5.75 Å². The molecule has 3 N–H and O–H groups in total. The number of rotatable bonds is 5. The van der Waals surface area contributed by atoms with Crippen molar-refractivity contribution in [2.45, 2.75) is 19.8 Å². The molecule has 0 bridgehead atoms. The van der Waals surface area contributed by atoms with Gasteiger partial charge < -0.3 is 20.6 Å². The van der Waals surface area contributed by atoms with Crippen LogP contribution in [0.15, 0.2) is 29.4 Å². The van der Waals surface area contributed by atoms with Gasteiger partial charge in [-0.3, -0.25) is 4.79 Å². The first kappa shape index (κ1) is 15.2. The quantitative estimate of drug-likeness (QED) is 0.372. The summed E-state index contributed by atoms with van der Waals surface area (Å²) in [6.07, 6.45) is 2.19. The average molecular weight is 291 g/mol. The molecule has 1 atom stereocenters. The number of nitrogens with zero attached hydrogens (tertiary/aromatic N) is 2. The number of hydrogen-bond donors (Lipinski definition) is 2. The van der Waals surface area contributed by atoms with Crippen molar-refractivity contribution in [3.05, 3.63) is 29.8 Å². The lowest BCUT2D eigenvalue weighted by atomic mass is 10.1. The van der Waals surface area contributed by atoms with Crippen molar-refractivity contribution in [2.24, 2.45) is 16.8 Å². The maximum Gasteiger partial charge on any atom is 0.260 e. The van der Waals surface area contributed by atoms with E-state index >= 15 is 0 Å². The minimum atomic E-state index is 0.0199. The molecule has 1 amide bonds. The highest BCUT2D eigenvalue weighted by Gasteiger charge is 2.24. The first-order valence-corrected chi connectivity index (χ1v) is 7.12. The van der Waals surface area contributed by atoms with E-state index in [0.717, 1.165) is 25.9 Å². The molecule has 1 aliphatic heterocycles. The Morgan fingerprint density at radius 1 is 1.48 bits per heavy atom. The van der Waals surface area contributed by atoms with Crippen LogP contribution in [0.2, 0.25) is 0 Å². The SMILES string of the molecule is CCC1CCN(C(=O)COc2ccc(/C(N)=N/O)cc2)C1. The lowest BCUT2D eigenvalue weighted by Crippen LogP contribution is -2.33. The van der Waals surface area contributed by atoms with Crippen LogP contribution in [0.5, 0.6) is 5.75 Å². The van der Waals surface area contributed by atoms with Gasteiger partial charge >= 0.3 is 0 Å². The van der Waals surface area contributed by atoms with E-state index in [2.05, 4.69) is 12.1 Å². The van der Waals surface area contributed by atoms with Crippen LogP contribution in [0, 0.1) is 5.92 Å². The van der Waals surface area contributed by atoms with Gasteiger partial charge in [0.2, 0.25) is 0 Å². The van der Waals surface area contributed by atoms with E-state index in [1.807, 2.05) is 4.90 Å². The van der Waals surface area contributed by atoms with Crippen LogP contribution in [-0.2, 0) is 4.79 Å². The summed E-state index contributed by atoms with van der Waals surface area (Å²) in [5, 5.41) is 11.5. The minimum Gasteiger partial charge on any atom is -0.484 e. The number of hydrogen-bond acceptors (Lipinski definition) is 4. The monoisotopic (exact) mass is 291 g/mol. The van der Waals surface area contributed by atoms with Crippen LogP contribution in [-0.4, -0.2) is 41.5 Å². The number of carbonyl (C=O) groups is 1. The number of likely N-dealkylation sites (tertiary alicyclic amines) is 1. The molecule has 1 unspecified atom stereocenters. The molecule has 0 radical (unpaired) electrons. The summed E-state index contributed by atoms with van der Waals surface area (Å²) in [4.78, 5) is 13.9. The maximum absolute atomic E-state index is 12.0. The summed E-state index contributed by atoms with van der Waals surface area (Å²) in [6, 6.07) is 6.74. The van der Waals surface area contributed by atoms with Gasteiger partial charge in [0.05, 0.1) is 0 Å². The maximum atomic E-state index is 12.0. The largest absolute Gasteiger partial charge is 0.484 e. The van der Waals surface area contributed by atoms with E-state index in [4.69, 9.17) is 15.7 Å². The van der Waals surface area contributed by atoms with Gasteiger partial charge in [-0.15, -0.1) is 0 Å². The first-order valence-electron chi connectivity index (χ1n) is 7.12. The number of nitrogens with two attached hydrogens (primary N) is 1. The Labute approximate surface area is 124 Å². The van der Waals surface area contributed by atoms with E-state index in [-0.39, 0.29) is 18.3 Å². The van der Waals surface area contributed by atoms with Crippen molar-refractivity contribution in [1.29, 1.82) is 0 Å². The summed E-state index contributed by atoms with van der Waals surface area (Å²) in [7, 11) is 0. The zero-order valence-electron chi connectivity index (χ0n) is 12.2. The highest BCUT2D eigenvalue weighted by molar-refractivity contribution is 5.97. The molecule has 6 nitrogen and oxygen atoms in total. The highest BCUT2D eigenvalue weighted by Crippen LogP contribution is 2.19. The second-order valence-corrected chi connectivity index (χ2v) is 5.20. The van der Waals surface area contributed by atoms with E-state index in [1.165, 1.54) is 0 Å². The molecule has 1 heterocycles. The fourth-order valence-corrected chi connectivity index (χ4v) is 2.41. The zero-order chi connectivity index (χ0) is 15.2. The molecular weight excluding hydrogens is 270 g/mol. The van der Waals surface area contributed by atoms with Crippen LogP contribution in [0.3, 0.4) is 0 Å². The molecule has 0 aromatic heterocycles. The van der Waals surface area contributed by atoms with E-state index in [9.17, 15) is 4.79 Å². The molecule has 1 aromatic carbocycles. The molecular formula is C15H21N3O3. The molecule has 1 saturated heterocycles. The molecule has 114 valence electrons. The second-order valence-electron chi connectivity index (χ2n) is 5.20. The fourth-order valence-electron chi connectivity index (χ4n) is 2.41. The zero-order valence-corrected chi connectivity index (χ0v) is 12.2. The fraction of sp³-hybridized carbons (Fsp3) is 0.467. The molecule has 1 aliphatic rings. The van der Waals surface area contributed by atoms with Crippen molar-refractivity contribution in [3.8, 4) is 5.75 Å². The summed E-state index contributed by atoms with van der Waals surface area (Å²) < 4.78 is 5.48. The van der Waals surface area contributed by atoms with Gasteiger partial charge in [-0.05, 0) is 36.6 Å². The number of oxime groups is 1. The summed E-state index contributed by atoms with van der Waals surface area (Å²) in [5.74, 6) is 1.27. The topological polar surface area (TPSA) is 88.2 Å². The Hall–Kier alpha value is -2.24. The minimum absolute atomic E-state index is 0.0199. The highest BCUT2D eigenvalue weighted by atomic mass is 16.5. The Bertz CT molecular complexity index is 513. The third-order valence-electron chi connectivity index (χ3n) is 3.84. The van der Waals surface area contributed by atoms with Crippen molar-refractivity contribution in [3.63, 3.8) is 0 Å². The number of amidine groups is 1. The number of ether oxygens (including phenoxy) is 1. The average Bonchev–Trinajstić information content (AvgIpc) is 3.01. The molecule has 0 saturated carbocycles. The van der Waals surface area contributed by atoms with Gasteiger partial charge in [-0.25, -0.2) is 0 Å². The van der Waals surface area contributed by atoms with E-state index < -0.39 is 0 Å². The van der Waals surface area contributed by atoms with Gasteiger partial charge in [0.25, 0.3) is 5.91 Å². The molecule has 6 heteroatoms. The number of benzene rings is 1. The Morgan fingerprint density at radius 3 is 2.76 bits per heavy atom. The number of amides is 1. The molecule has 0 spiro atoms. The van der Waals surface area contributed by atoms with E-state index in [1.54, 1.807) is 24.3 Å². The molecule has 1 fully saturated rings. The van der Waals surface area contributed by atoms with Crippen LogP contribution in [0.1, 0.15) is 25.3 Å². The third-order valence-corrected chi connectivity index (χ3v) is 3.84. The predicted molar refractivity (Wildman–Crippen MR) is 79.4 cm³/mol. The van der Waals surface area contributed by atoms with Crippen molar-refractivity contribution < 1.29 is 14.7 Å². The van der Waals surface area contributed by atoms with Crippen LogP contribution in [0.25, 0.3) is 0 Å². The molecule has 0 aliphatic carbocycles. The third kappa shape index (κ3) is 3.87. The Balaban J connectivity index is 1.84. The summed E-state index contributed by atoms with van der Waals surface area (Å²) in [6.45, 7) is 3.85.